The Bertz CT molecular complexity index is 1300. The van der Waals surface area contributed by atoms with Crippen LogP contribution in [-0.4, -0.2) is 81.7 Å². The zero-order chi connectivity index (χ0) is 21.8. The van der Waals surface area contributed by atoms with Crippen LogP contribution < -0.4 is 4.90 Å². The second-order valence-electron chi connectivity index (χ2n) is 9.01. The van der Waals surface area contributed by atoms with Gasteiger partial charge in [0, 0.05) is 68.5 Å². The van der Waals surface area contributed by atoms with Crippen molar-refractivity contribution < 1.29 is 4.39 Å². The van der Waals surface area contributed by atoms with Crippen LogP contribution in [-0.2, 0) is 0 Å². The summed E-state index contributed by atoms with van der Waals surface area (Å²) in [5, 5.41) is 5.48. The van der Waals surface area contributed by atoms with E-state index in [1.54, 1.807) is 13.1 Å². The van der Waals surface area contributed by atoms with Crippen LogP contribution in [0.1, 0.15) is 5.56 Å². The van der Waals surface area contributed by atoms with Gasteiger partial charge in [0.2, 0.25) is 0 Å². The molecule has 0 spiro atoms. The molecule has 8 heteroatoms. The van der Waals surface area contributed by atoms with Gasteiger partial charge in [0.1, 0.15) is 5.82 Å². The third-order valence-corrected chi connectivity index (χ3v) is 6.94. The van der Waals surface area contributed by atoms with Gasteiger partial charge in [0.15, 0.2) is 5.65 Å². The highest BCUT2D eigenvalue weighted by Gasteiger charge is 2.33. The largest absolute Gasteiger partial charge is 0.366 e. The third kappa shape index (κ3) is 3.22. The number of piperazine rings is 1. The number of anilines is 1. The number of benzene rings is 1. The molecule has 3 aromatic heterocycles. The van der Waals surface area contributed by atoms with E-state index in [2.05, 4.69) is 38.0 Å². The van der Waals surface area contributed by atoms with Gasteiger partial charge in [-0.1, -0.05) is 0 Å². The molecule has 2 aliphatic heterocycles. The predicted molar refractivity (Wildman–Crippen MR) is 123 cm³/mol. The highest BCUT2D eigenvalue weighted by molar-refractivity contribution is 5.98. The summed E-state index contributed by atoms with van der Waals surface area (Å²) >= 11 is 0. The molecule has 0 amide bonds. The van der Waals surface area contributed by atoms with E-state index in [0.717, 1.165) is 67.1 Å². The highest BCUT2D eigenvalue weighted by Crippen LogP contribution is 2.32. The van der Waals surface area contributed by atoms with Crippen molar-refractivity contribution >= 4 is 22.2 Å². The van der Waals surface area contributed by atoms with Crippen LogP contribution >= 0.6 is 0 Å². The summed E-state index contributed by atoms with van der Waals surface area (Å²) in [5.41, 5.74) is 5.01. The quantitative estimate of drug-likeness (QED) is 0.497. The molecule has 0 aliphatic carbocycles. The first-order valence-electron chi connectivity index (χ1n) is 11.1. The lowest BCUT2D eigenvalue weighted by Crippen LogP contribution is -2.63. The van der Waals surface area contributed by atoms with Crippen molar-refractivity contribution in [2.45, 2.75) is 13.0 Å². The summed E-state index contributed by atoms with van der Waals surface area (Å²) in [5.74, 6) is -0.241. The smallest absolute Gasteiger partial charge is 0.162 e. The Kier molecular flexibility index (Phi) is 4.58. The van der Waals surface area contributed by atoms with Crippen LogP contribution in [0.15, 0.2) is 43.0 Å². The summed E-state index contributed by atoms with van der Waals surface area (Å²) in [6.07, 6.45) is 7.54. The Morgan fingerprint density at radius 2 is 1.81 bits per heavy atom. The Morgan fingerprint density at radius 1 is 1.00 bits per heavy atom. The van der Waals surface area contributed by atoms with E-state index in [1.807, 2.05) is 29.0 Å². The fraction of sp³-hybridized carbons (Fsp3) is 0.375. The van der Waals surface area contributed by atoms with E-state index in [4.69, 9.17) is 4.98 Å². The first-order chi connectivity index (χ1) is 15.6. The molecule has 4 aromatic rings. The molecule has 2 saturated heterocycles. The minimum absolute atomic E-state index is 0.241. The van der Waals surface area contributed by atoms with Crippen molar-refractivity contribution in [3.8, 4) is 11.1 Å². The zero-order valence-electron chi connectivity index (χ0n) is 18.4. The van der Waals surface area contributed by atoms with E-state index in [9.17, 15) is 4.39 Å². The average Bonchev–Trinajstić information content (AvgIpc) is 3.18. The molecular weight excluding hydrogens is 405 g/mol. The van der Waals surface area contributed by atoms with Crippen molar-refractivity contribution in [2.24, 2.45) is 0 Å². The summed E-state index contributed by atoms with van der Waals surface area (Å²) < 4.78 is 15.9. The molecule has 32 heavy (non-hydrogen) atoms. The summed E-state index contributed by atoms with van der Waals surface area (Å²) in [4.78, 5) is 16.5. The Morgan fingerprint density at radius 3 is 2.62 bits per heavy atom. The zero-order valence-corrected chi connectivity index (χ0v) is 18.4. The highest BCUT2D eigenvalue weighted by atomic mass is 19.1. The third-order valence-electron chi connectivity index (χ3n) is 6.94. The predicted octanol–water partition coefficient (Wildman–Crippen LogP) is 2.83. The van der Waals surface area contributed by atoms with Crippen molar-refractivity contribution in [3.63, 3.8) is 0 Å². The van der Waals surface area contributed by atoms with Crippen LogP contribution in [0, 0.1) is 12.7 Å². The molecule has 2 fully saturated rings. The molecule has 2 aliphatic rings. The summed E-state index contributed by atoms with van der Waals surface area (Å²) in [7, 11) is 2.19. The molecule has 0 bridgehead atoms. The SMILES string of the molecule is Cc1cc2c(-c3cnn4cc(N5CC(N6CCN(C)CC6)C5)cnc34)ccnc2cc1F. The molecule has 0 unspecified atom stereocenters. The van der Waals surface area contributed by atoms with Crippen LogP contribution in [0.4, 0.5) is 10.1 Å². The topological polar surface area (TPSA) is 52.8 Å². The van der Waals surface area contributed by atoms with Crippen molar-refractivity contribution in [1.29, 1.82) is 0 Å². The first kappa shape index (κ1) is 19.6. The Hall–Kier alpha value is -3.10. The van der Waals surface area contributed by atoms with Gasteiger partial charge in [-0.05, 0) is 37.2 Å². The van der Waals surface area contributed by atoms with Crippen LogP contribution in [0.25, 0.3) is 27.7 Å². The Labute approximate surface area is 186 Å². The first-order valence-corrected chi connectivity index (χ1v) is 11.1. The summed E-state index contributed by atoms with van der Waals surface area (Å²) in [6.45, 7) is 8.44. The van der Waals surface area contributed by atoms with Gasteiger partial charge in [0.05, 0.1) is 29.8 Å². The maximum absolute atomic E-state index is 14.0. The van der Waals surface area contributed by atoms with E-state index in [0.29, 0.717) is 17.1 Å². The molecule has 1 aromatic carbocycles. The molecule has 0 saturated carbocycles. The van der Waals surface area contributed by atoms with Gasteiger partial charge in [0.25, 0.3) is 0 Å². The molecule has 6 rings (SSSR count). The van der Waals surface area contributed by atoms with E-state index >= 15 is 0 Å². The molecule has 0 atom stereocenters. The molecular formula is C24H26FN7. The number of likely N-dealkylation sites (N-methyl/N-ethyl adjacent to an activating group) is 1. The number of hydrogen-bond donors (Lipinski definition) is 0. The minimum atomic E-state index is -0.241. The lowest BCUT2D eigenvalue weighted by molar-refractivity contribution is 0.0963. The van der Waals surface area contributed by atoms with Crippen LogP contribution in [0.3, 0.4) is 0 Å². The van der Waals surface area contributed by atoms with Gasteiger partial charge in [-0.25, -0.2) is 13.9 Å². The van der Waals surface area contributed by atoms with Gasteiger partial charge < -0.3 is 9.80 Å². The number of rotatable bonds is 3. The molecule has 164 valence electrons. The Balaban J connectivity index is 1.27. The van der Waals surface area contributed by atoms with Crippen molar-refractivity contribution in [2.75, 3.05) is 51.2 Å². The number of fused-ring (bicyclic) bond motifs is 2. The van der Waals surface area contributed by atoms with Gasteiger partial charge in [-0.3, -0.25) is 9.88 Å². The number of nitrogens with zero attached hydrogens (tertiary/aromatic N) is 7. The van der Waals surface area contributed by atoms with Gasteiger partial charge >= 0.3 is 0 Å². The number of hydrogen-bond acceptors (Lipinski definition) is 6. The van der Waals surface area contributed by atoms with Crippen molar-refractivity contribution in [3.05, 3.63) is 54.4 Å². The summed E-state index contributed by atoms with van der Waals surface area (Å²) in [6, 6.07) is 5.91. The van der Waals surface area contributed by atoms with Gasteiger partial charge in [-0.2, -0.15) is 5.10 Å². The number of aromatic nitrogens is 4. The van der Waals surface area contributed by atoms with Crippen LogP contribution in [0.5, 0.6) is 0 Å². The normalized spacial score (nSPS) is 18.5. The lowest BCUT2D eigenvalue weighted by atomic mass is 10.0. The average molecular weight is 432 g/mol. The molecule has 0 N–H and O–H groups in total. The maximum atomic E-state index is 14.0. The number of halogens is 1. The second kappa shape index (κ2) is 7.50. The van der Waals surface area contributed by atoms with Crippen LogP contribution in [0.2, 0.25) is 0 Å². The fourth-order valence-electron chi connectivity index (χ4n) is 4.81. The molecule has 7 nitrogen and oxygen atoms in total. The standard InChI is InChI=1S/C24H26FN7/c1-16-9-20-19(3-4-26-23(20)10-22(16)25)21-12-28-32-15-17(11-27-24(21)32)31-13-18(14-31)30-7-5-29(2)6-8-30/h3-4,9-12,15,18H,5-8,13-14H2,1-2H3. The fourth-order valence-corrected chi connectivity index (χ4v) is 4.81. The van der Waals surface area contributed by atoms with Gasteiger partial charge in [-0.15, -0.1) is 0 Å². The van der Waals surface area contributed by atoms with Crippen molar-refractivity contribution in [1.82, 2.24) is 29.4 Å². The minimum Gasteiger partial charge on any atom is -0.366 e. The molecule has 5 heterocycles. The number of aryl methyl sites for hydroxylation is 1. The monoisotopic (exact) mass is 431 g/mol. The molecule has 0 radical (unpaired) electrons. The number of pyridine rings is 1. The lowest BCUT2D eigenvalue weighted by Gasteiger charge is -2.48. The van der Waals surface area contributed by atoms with E-state index < -0.39 is 0 Å². The van der Waals surface area contributed by atoms with E-state index in [1.165, 1.54) is 6.07 Å². The van der Waals surface area contributed by atoms with E-state index in [-0.39, 0.29) is 5.82 Å². The second-order valence-corrected chi connectivity index (χ2v) is 9.01. The maximum Gasteiger partial charge on any atom is 0.162 e.